The van der Waals surface area contributed by atoms with Crippen LogP contribution < -0.4 is 5.32 Å². The molecule has 3 aliphatic heterocycles. The Morgan fingerprint density at radius 2 is 0.714 bits per heavy atom. The van der Waals surface area contributed by atoms with Gasteiger partial charge in [0.25, 0.3) is 0 Å². The number of carbonyl (C=O) groups excluding carboxylic acids is 1. The summed E-state index contributed by atoms with van der Waals surface area (Å²) in [6.07, 6.45) is 51.4. The maximum absolute atomic E-state index is 13.5. The van der Waals surface area contributed by atoms with Crippen LogP contribution in [0.2, 0.25) is 0 Å². The van der Waals surface area contributed by atoms with Gasteiger partial charge in [0.1, 0.15) is 73.2 Å². The summed E-state index contributed by atoms with van der Waals surface area (Å²) in [5.74, 6) is -0.288. The standard InChI is InChI=1S/C79H139NO18/c1-3-5-7-9-11-13-15-17-19-21-23-25-26-27-28-29-30-31-32-33-34-35-36-37-39-41-43-45-47-49-51-53-55-57-67(85)80-62(63(84)56-54-52-50-48-46-44-42-40-38-24-22-20-18-16-14-12-10-8-6-4-2)61-93-77-73(91)70(88)75(65(59-82)95-77)98-79-74(92)71(89)76(66(60-83)96-79)97-78-72(90)69(87)68(86)64(58-81)94-78/h5,7,11,13,17,19,23,25,38,40,46,48,54,56,62-66,68-79,81-84,86-92H,3-4,6,8-10,12,14-16,18,20-22,24,26-37,39,41-45,47,49-53,55,57-61H2,1-2H3,(H,80,85)/b7-5-,13-11-,19-17-,25-23-,40-38+,48-46+,56-54+. The van der Waals surface area contributed by atoms with E-state index >= 15 is 0 Å². The summed E-state index contributed by atoms with van der Waals surface area (Å²) in [5, 5.41) is 121. The molecule has 19 nitrogen and oxygen atoms in total. The zero-order valence-electron chi connectivity index (χ0n) is 60.5. The second-order valence-electron chi connectivity index (χ2n) is 27.4. The summed E-state index contributed by atoms with van der Waals surface area (Å²) >= 11 is 0. The number of aliphatic hydroxyl groups excluding tert-OH is 11. The fraction of sp³-hybridized carbons (Fsp3) is 0.810. The third kappa shape index (κ3) is 39.6. The van der Waals surface area contributed by atoms with Gasteiger partial charge in [0.2, 0.25) is 5.91 Å². The molecule has 12 N–H and O–H groups in total. The smallest absolute Gasteiger partial charge is 0.220 e. The first-order valence-electron chi connectivity index (χ1n) is 38.8. The van der Waals surface area contributed by atoms with Crippen molar-refractivity contribution in [1.29, 1.82) is 0 Å². The van der Waals surface area contributed by atoms with Gasteiger partial charge in [-0.15, -0.1) is 0 Å². The Bertz CT molecular complexity index is 2100. The first-order chi connectivity index (χ1) is 47.8. The van der Waals surface area contributed by atoms with Crippen molar-refractivity contribution in [2.75, 3.05) is 26.4 Å². The van der Waals surface area contributed by atoms with Gasteiger partial charge in [0, 0.05) is 6.42 Å². The summed E-state index contributed by atoms with van der Waals surface area (Å²) in [6.45, 7) is 1.61. The number of amides is 1. The van der Waals surface area contributed by atoms with Crippen LogP contribution in [-0.2, 0) is 33.2 Å². The predicted molar refractivity (Wildman–Crippen MR) is 388 cm³/mol. The Kier molecular flexibility index (Phi) is 54.0. The van der Waals surface area contributed by atoms with Gasteiger partial charge in [-0.05, 0) is 83.5 Å². The predicted octanol–water partition coefficient (Wildman–Crippen LogP) is 12.2. The lowest BCUT2D eigenvalue weighted by Gasteiger charge is -2.48. The van der Waals surface area contributed by atoms with Crippen LogP contribution in [0.25, 0.3) is 0 Å². The Morgan fingerprint density at radius 3 is 1.14 bits per heavy atom. The first-order valence-corrected chi connectivity index (χ1v) is 38.8. The Balaban J connectivity index is 1.37. The minimum absolute atomic E-state index is 0.231. The Hall–Kier alpha value is -3.03. The molecule has 0 aromatic carbocycles. The van der Waals surface area contributed by atoms with Gasteiger partial charge in [0.15, 0.2) is 18.9 Å². The minimum Gasteiger partial charge on any atom is -0.394 e. The molecule has 3 saturated heterocycles. The zero-order chi connectivity index (χ0) is 71.1. The number of carbonyl (C=O) groups is 1. The molecule has 17 unspecified atom stereocenters. The molecule has 568 valence electrons. The van der Waals surface area contributed by atoms with E-state index < -0.39 is 124 Å². The van der Waals surface area contributed by atoms with E-state index in [0.29, 0.717) is 12.8 Å². The maximum atomic E-state index is 13.5. The van der Waals surface area contributed by atoms with Crippen molar-refractivity contribution in [1.82, 2.24) is 5.32 Å². The number of hydrogen-bond acceptors (Lipinski definition) is 18. The second kappa shape index (κ2) is 59.4. The molecule has 0 radical (unpaired) electrons. The number of aliphatic hydroxyl groups is 11. The monoisotopic (exact) mass is 1390 g/mol. The van der Waals surface area contributed by atoms with Crippen LogP contribution in [0.1, 0.15) is 277 Å². The van der Waals surface area contributed by atoms with E-state index in [1.54, 1.807) is 6.08 Å². The highest BCUT2D eigenvalue weighted by atomic mass is 16.8. The van der Waals surface area contributed by atoms with Gasteiger partial charge >= 0.3 is 0 Å². The highest BCUT2D eigenvalue weighted by Gasteiger charge is 2.53. The van der Waals surface area contributed by atoms with Crippen LogP contribution in [-0.4, -0.2) is 193 Å². The van der Waals surface area contributed by atoms with Crippen molar-refractivity contribution in [3.63, 3.8) is 0 Å². The number of rotatable bonds is 60. The van der Waals surface area contributed by atoms with E-state index in [0.717, 1.165) is 70.6 Å². The lowest BCUT2D eigenvalue weighted by Crippen LogP contribution is -2.66. The third-order valence-corrected chi connectivity index (χ3v) is 18.9. The van der Waals surface area contributed by atoms with Crippen molar-refractivity contribution in [3.05, 3.63) is 85.1 Å². The molecule has 19 heteroatoms. The molecule has 0 saturated carbocycles. The van der Waals surface area contributed by atoms with E-state index in [1.807, 2.05) is 6.08 Å². The normalized spacial score (nSPS) is 27.2. The molecule has 0 aromatic heterocycles. The van der Waals surface area contributed by atoms with E-state index in [-0.39, 0.29) is 18.9 Å². The van der Waals surface area contributed by atoms with Crippen LogP contribution in [0.15, 0.2) is 85.1 Å². The molecule has 0 spiro atoms. The van der Waals surface area contributed by atoms with Gasteiger partial charge in [-0.2, -0.15) is 0 Å². The van der Waals surface area contributed by atoms with E-state index in [2.05, 4.69) is 92.1 Å². The highest BCUT2D eigenvalue weighted by molar-refractivity contribution is 5.76. The van der Waals surface area contributed by atoms with Gasteiger partial charge < -0.3 is 89.9 Å². The van der Waals surface area contributed by atoms with Crippen LogP contribution in [0, 0.1) is 0 Å². The van der Waals surface area contributed by atoms with Gasteiger partial charge in [0.05, 0.1) is 38.6 Å². The number of allylic oxidation sites excluding steroid dienone is 13. The van der Waals surface area contributed by atoms with E-state index in [9.17, 15) is 61.0 Å². The van der Waals surface area contributed by atoms with Crippen LogP contribution >= 0.6 is 0 Å². The largest absolute Gasteiger partial charge is 0.394 e. The molecular formula is C79H139NO18. The van der Waals surface area contributed by atoms with E-state index in [4.69, 9.17) is 28.4 Å². The lowest BCUT2D eigenvalue weighted by atomic mass is 9.96. The first kappa shape index (κ1) is 89.2. The van der Waals surface area contributed by atoms with Crippen LogP contribution in [0.4, 0.5) is 0 Å². The zero-order valence-corrected chi connectivity index (χ0v) is 60.5. The molecule has 0 aromatic rings. The summed E-state index contributed by atoms with van der Waals surface area (Å²) in [6, 6.07) is -1.000. The molecule has 98 heavy (non-hydrogen) atoms. The fourth-order valence-corrected chi connectivity index (χ4v) is 12.7. The molecule has 3 rings (SSSR count). The molecule has 17 atom stereocenters. The quantitative estimate of drug-likeness (QED) is 0.0199. The van der Waals surface area contributed by atoms with Crippen LogP contribution in [0.3, 0.4) is 0 Å². The Labute approximate surface area is 590 Å². The summed E-state index contributed by atoms with van der Waals surface area (Å²) in [7, 11) is 0. The molecule has 3 fully saturated rings. The number of unbranched alkanes of at least 4 members (excludes halogenated alkanes) is 32. The van der Waals surface area contributed by atoms with Gasteiger partial charge in [-0.3, -0.25) is 4.79 Å². The topological polar surface area (TPSA) is 307 Å². The van der Waals surface area contributed by atoms with Crippen molar-refractivity contribution < 1.29 is 89.4 Å². The minimum atomic E-state index is -1.99. The highest BCUT2D eigenvalue weighted by Crippen LogP contribution is 2.33. The Morgan fingerprint density at radius 1 is 0.378 bits per heavy atom. The van der Waals surface area contributed by atoms with Gasteiger partial charge in [-0.25, -0.2) is 0 Å². The maximum Gasteiger partial charge on any atom is 0.220 e. The molecule has 0 bridgehead atoms. The SMILES string of the molecule is CC/C=C\C/C=C\C/C=C\C/C=C\CCCCCCCCCCCCCCCCCCCCCCC(=O)NC(COC1OC(CO)C(OC2OC(CO)C(OC3OC(CO)C(O)C(O)C3O)C(O)C2O)C(O)C1O)C(O)/C=C/CC/C=C/CC/C=C/CCCCCCCCCCCC. The molecule has 3 aliphatic rings. The van der Waals surface area contributed by atoms with Crippen molar-refractivity contribution in [2.24, 2.45) is 0 Å². The van der Waals surface area contributed by atoms with Crippen molar-refractivity contribution in [3.8, 4) is 0 Å². The molecular weight excluding hydrogens is 1250 g/mol. The fourth-order valence-electron chi connectivity index (χ4n) is 12.7. The number of ether oxygens (including phenoxy) is 6. The second-order valence-corrected chi connectivity index (χ2v) is 27.4. The van der Waals surface area contributed by atoms with Crippen molar-refractivity contribution in [2.45, 2.75) is 381 Å². The summed E-state index contributed by atoms with van der Waals surface area (Å²) in [4.78, 5) is 13.5. The average molecular weight is 1390 g/mol. The third-order valence-electron chi connectivity index (χ3n) is 18.9. The summed E-state index contributed by atoms with van der Waals surface area (Å²) < 4.78 is 34.4. The van der Waals surface area contributed by atoms with E-state index in [1.165, 1.54) is 173 Å². The van der Waals surface area contributed by atoms with Gasteiger partial charge in [-0.1, -0.05) is 272 Å². The number of hydrogen-bond donors (Lipinski definition) is 12. The molecule has 1 amide bonds. The molecule has 3 heterocycles. The average Bonchev–Trinajstić information content (AvgIpc) is 0.782. The lowest BCUT2D eigenvalue weighted by molar-refractivity contribution is -0.379. The summed E-state index contributed by atoms with van der Waals surface area (Å²) in [5.41, 5.74) is 0. The van der Waals surface area contributed by atoms with Crippen LogP contribution in [0.5, 0.6) is 0 Å². The molecule has 0 aliphatic carbocycles. The number of nitrogens with one attached hydrogen (secondary N) is 1. The van der Waals surface area contributed by atoms with Crippen molar-refractivity contribution >= 4 is 5.91 Å².